The van der Waals surface area contributed by atoms with Crippen molar-refractivity contribution in [2.75, 3.05) is 43.1 Å². The molecule has 0 radical (unpaired) electrons. The second kappa shape index (κ2) is 8.70. The van der Waals surface area contributed by atoms with E-state index in [9.17, 15) is 4.79 Å². The topological polar surface area (TPSA) is 63.7 Å². The molecule has 1 amide bonds. The lowest BCUT2D eigenvalue weighted by molar-refractivity contribution is 0.102. The number of amides is 1. The van der Waals surface area contributed by atoms with Gasteiger partial charge in [0.25, 0.3) is 5.91 Å². The summed E-state index contributed by atoms with van der Waals surface area (Å²) in [5.74, 6) is -0.0196. The summed E-state index contributed by atoms with van der Waals surface area (Å²) in [6.45, 7) is 5.17. The first-order chi connectivity index (χ1) is 12.6. The van der Waals surface area contributed by atoms with Crippen molar-refractivity contribution in [3.8, 4) is 5.88 Å². The van der Waals surface area contributed by atoms with Gasteiger partial charge in [-0.25, -0.2) is 4.98 Å². The number of carbonyl (C=O) groups is 1. The van der Waals surface area contributed by atoms with Crippen LogP contribution in [0, 0.1) is 0 Å². The molecule has 1 N–H and O–H groups in total. The number of hydrogen-bond donors (Lipinski definition) is 1. The summed E-state index contributed by atoms with van der Waals surface area (Å²) in [6.07, 6.45) is 0. The lowest BCUT2D eigenvalue weighted by Gasteiger charge is -2.30. The molecule has 2 heterocycles. The van der Waals surface area contributed by atoms with Crippen LogP contribution >= 0.6 is 27.5 Å². The van der Waals surface area contributed by atoms with Crippen LogP contribution in [0.3, 0.4) is 0 Å². The molecular formula is C18H19BrClN3O3. The van der Waals surface area contributed by atoms with Crippen LogP contribution in [0.25, 0.3) is 0 Å². The number of morpholine rings is 1. The number of nitrogens with one attached hydrogen (secondary N) is 1. The van der Waals surface area contributed by atoms with Crippen molar-refractivity contribution in [3.05, 3.63) is 45.5 Å². The zero-order valence-electron chi connectivity index (χ0n) is 14.3. The van der Waals surface area contributed by atoms with E-state index < -0.39 is 0 Å². The smallest absolute Gasteiger partial charge is 0.276 e. The van der Waals surface area contributed by atoms with Crippen molar-refractivity contribution in [3.63, 3.8) is 0 Å². The Hall–Kier alpha value is -1.83. The van der Waals surface area contributed by atoms with Crippen molar-refractivity contribution >= 4 is 44.8 Å². The summed E-state index contributed by atoms with van der Waals surface area (Å²) in [5, 5.41) is 3.19. The van der Waals surface area contributed by atoms with Crippen LogP contribution in [0.1, 0.15) is 17.4 Å². The van der Waals surface area contributed by atoms with E-state index in [2.05, 4.69) is 31.1 Å². The fraction of sp³-hybridized carbons (Fsp3) is 0.333. The maximum absolute atomic E-state index is 12.8. The molecule has 26 heavy (non-hydrogen) atoms. The van der Waals surface area contributed by atoms with E-state index in [1.165, 1.54) is 0 Å². The third-order valence-corrected chi connectivity index (χ3v) is 4.68. The van der Waals surface area contributed by atoms with E-state index in [0.29, 0.717) is 31.4 Å². The predicted octanol–water partition coefficient (Wildman–Crippen LogP) is 3.99. The van der Waals surface area contributed by atoms with Gasteiger partial charge in [-0.3, -0.25) is 4.79 Å². The molecule has 1 aromatic carbocycles. The fourth-order valence-electron chi connectivity index (χ4n) is 2.68. The normalized spacial score (nSPS) is 14.2. The van der Waals surface area contributed by atoms with Crippen LogP contribution in [0.2, 0.25) is 5.02 Å². The minimum absolute atomic E-state index is 0.130. The Labute approximate surface area is 165 Å². The van der Waals surface area contributed by atoms with Gasteiger partial charge in [0.05, 0.1) is 36.2 Å². The van der Waals surface area contributed by atoms with Gasteiger partial charge in [-0.2, -0.15) is 0 Å². The third kappa shape index (κ3) is 4.47. The third-order valence-electron chi connectivity index (χ3n) is 3.89. The summed E-state index contributed by atoms with van der Waals surface area (Å²) in [7, 11) is 0. The van der Waals surface area contributed by atoms with Crippen LogP contribution in [0.15, 0.2) is 34.8 Å². The van der Waals surface area contributed by atoms with E-state index in [-0.39, 0.29) is 16.6 Å². The second-order valence-corrected chi connectivity index (χ2v) is 6.95. The standard InChI is InChI=1S/C18H19BrClN3O3/c1-2-26-16-6-4-13(20)17(22-16)18(24)21-14-11-12(19)3-5-15(14)23-7-9-25-10-8-23/h3-6,11H,2,7-10H2,1H3,(H,21,24). The molecule has 2 aromatic rings. The lowest BCUT2D eigenvalue weighted by Crippen LogP contribution is -2.36. The van der Waals surface area contributed by atoms with Crippen molar-refractivity contribution in [1.82, 2.24) is 4.98 Å². The summed E-state index contributed by atoms with van der Waals surface area (Å²) >= 11 is 9.62. The van der Waals surface area contributed by atoms with Gasteiger partial charge in [-0.1, -0.05) is 27.5 Å². The average Bonchev–Trinajstić information content (AvgIpc) is 2.64. The Balaban J connectivity index is 1.87. The molecule has 138 valence electrons. The molecule has 0 unspecified atom stereocenters. The molecule has 0 spiro atoms. The number of rotatable bonds is 5. The van der Waals surface area contributed by atoms with E-state index >= 15 is 0 Å². The highest BCUT2D eigenvalue weighted by Crippen LogP contribution is 2.31. The number of anilines is 2. The maximum atomic E-state index is 12.8. The summed E-state index contributed by atoms with van der Waals surface area (Å²) < 4.78 is 11.6. The number of benzene rings is 1. The Bertz CT molecular complexity index is 797. The van der Waals surface area contributed by atoms with Crippen LogP contribution < -0.4 is 15.0 Å². The van der Waals surface area contributed by atoms with Gasteiger partial charge in [-0.15, -0.1) is 0 Å². The molecule has 0 saturated carbocycles. The summed E-state index contributed by atoms with van der Waals surface area (Å²) in [4.78, 5) is 19.2. The van der Waals surface area contributed by atoms with Gasteiger partial charge in [-0.05, 0) is 31.2 Å². The van der Waals surface area contributed by atoms with Crippen LogP contribution in [-0.2, 0) is 4.74 Å². The quantitative estimate of drug-likeness (QED) is 0.762. The summed E-state index contributed by atoms with van der Waals surface area (Å²) in [6, 6.07) is 9.03. The highest BCUT2D eigenvalue weighted by molar-refractivity contribution is 9.10. The molecule has 1 saturated heterocycles. The first kappa shape index (κ1) is 18.9. The summed E-state index contributed by atoms with van der Waals surface area (Å²) in [5.41, 5.74) is 1.75. The van der Waals surface area contributed by atoms with Crippen molar-refractivity contribution < 1.29 is 14.3 Å². The van der Waals surface area contributed by atoms with E-state index in [0.717, 1.165) is 23.2 Å². The molecular weight excluding hydrogens is 422 g/mol. The van der Waals surface area contributed by atoms with Crippen LogP contribution in [-0.4, -0.2) is 43.8 Å². The first-order valence-electron chi connectivity index (χ1n) is 8.31. The molecule has 1 aliphatic heterocycles. The Morgan fingerprint density at radius 3 is 2.85 bits per heavy atom. The number of hydrogen-bond acceptors (Lipinski definition) is 5. The van der Waals surface area contributed by atoms with Crippen molar-refractivity contribution in [2.45, 2.75) is 6.92 Å². The fourth-order valence-corrected chi connectivity index (χ4v) is 3.23. The molecule has 8 heteroatoms. The highest BCUT2D eigenvalue weighted by Gasteiger charge is 2.19. The van der Waals surface area contributed by atoms with Gasteiger partial charge in [0.1, 0.15) is 0 Å². The van der Waals surface area contributed by atoms with Crippen LogP contribution in [0.4, 0.5) is 11.4 Å². The Morgan fingerprint density at radius 1 is 1.35 bits per heavy atom. The van der Waals surface area contributed by atoms with E-state index in [4.69, 9.17) is 21.1 Å². The molecule has 1 fully saturated rings. The lowest BCUT2D eigenvalue weighted by atomic mass is 10.2. The first-order valence-corrected chi connectivity index (χ1v) is 9.48. The number of aromatic nitrogens is 1. The molecule has 3 rings (SSSR count). The van der Waals surface area contributed by atoms with Gasteiger partial charge in [0, 0.05) is 23.6 Å². The average molecular weight is 441 g/mol. The van der Waals surface area contributed by atoms with Gasteiger partial charge in [0.15, 0.2) is 5.69 Å². The monoisotopic (exact) mass is 439 g/mol. The van der Waals surface area contributed by atoms with Crippen molar-refractivity contribution in [1.29, 1.82) is 0 Å². The van der Waals surface area contributed by atoms with E-state index in [1.54, 1.807) is 12.1 Å². The van der Waals surface area contributed by atoms with Gasteiger partial charge < -0.3 is 19.7 Å². The number of carbonyl (C=O) groups excluding carboxylic acids is 1. The number of pyridine rings is 1. The highest BCUT2D eigenvalue weighted by atomic mass is 79.9. The van der Waals surface area contributed by atoms with E-state index in [1.807, 2.05) is 25.1 Å². The Kier molecular flexibility index (Phi) is 6.34. The second-order valence-electron chi connectivity index (χ2n) is 5.63. The Morgan fingerprint density at radius 2 is 2.12 bits per heavy atom. The number of nitrogens with zero attached hydrogens (tertiary/aromatic N) is 2. The zero-order chi connectivity index (χ0) is 18.5. The molecule has 0 bridgehead atoms. The molecule has 1 aromatic heterocycles. The van der Waals surface area contributed by atoms with Gasteiger partial charge >= 0.3 is 0 Å². The molecule has 6 nitrogen and oxygen atoms in total. The number of ether oxygens (including phenoxy) is 2. The largest absolute Gasteiger partial charge is 0.478 e. The van der Waals surface area contributed by atoms with Crippen molar-refractivity contribution in [2.24, 2.45) is 0 Å². The molecule has 0 aliphatic carbocycles. The maximum Gasteiger partial charge on any atom is 0.276 e. The SMILES string of the molecule is CCOc1ccc(Cl)c(C(=O)Nc2cc(Br)ccc2N2CCOCC2)n1. The molecule has 1 aliphatic rings. The zero-order valence-corrected chi connectivity index (χ0v) is 16.6. The predicted molar refractivity (Wildman–Crippen MR) is 106 cm³/mol. The molecule has 0 atom stereocenters. The van der Waals surface area contributed by atoms with Gasteiger partial charge in [0.2, 0.25) is 5.88 Å². The minimum Gasteiger partial charge on any atom is -0.478 e. The minimum atomic E-state index is -0.385. The number of halogens is 2. The van der Waals surface area contributed by atoms with Crippen LogP contribution in [0.5, 0.6) is 5.88 Å².